The summed E-state index contributed by atoms with van der Waals surface area (Å²) >= 11 is 7.18. The van der Waals surface area contributed by atoms with E-state index in [-0.39, 0.29) is 27.9 Å². The van der Waals surface area contributed by atoms with Gasteiger partial charge >= 0.3 is 5.97 Å². The van der Waals surface area contributed by atoms with Crippen molar-refractivity contribution < 1.29 is 14.7 Å². The standard InChI is InChI=1S/C10H10ClNO3S/c1-16-5-8(13)12-9-6(10(14)15)3-2-4-7(9)11/h2-4H,5H2,1H3,(H,12,13)(H,14,15). The van der Waals surface area contributed by atoms with Crippen molar-refractivity contribution in [2.45, 2.75) is 0 Å². The highest BCUT2D eigenvalue weighted by Crippen LogP contribution is 2.26. The summed E-state index contributed by atoms with van der Waals surface area (Å²) in [6, 6.07) is 4.45. The molecule has 1 rings (SSSR count). The highest BCUT2D eigenvalue weighted by molar-refractivity contribution is 7.99. The Labute approximate surface area is 102 Å². The molecule has 16 heavy (non-hydrogen) atoms. The Morgan fingerprint density at radius 1 is 1.50 bits per heavy atom. The van der Waals surface area contributed by atoms with Crippen LogP contribution in [0.15, 0.2) is 18.2 Å². The number of hydrogen-bond acceptors (Lipinski definition) is 3. The number of hydrogen-bond donors (Lipinski definition) is 2. The first kappa shape index (κ1) is 12.9. The summed E-state index contributed by atoms with van der Waals surface area (Å²) in [6.07, 6.45) is 1.78. The predicted octanol–water partition coefficient (Wildman–Crippen LogP) is 2.34. The summed E-state index contributed by atoms with van der Waals surface area (Å²) < 4.78 is 0. The molecule has 1 aromatic carbocycles. The van der Waals surface area contributed by atoms with Crippen molar-refractivity contribution in [1.29, 1.82) is 0 Å². The van der Waals surface area contributed by atoms with Gasteiger partial charge in [0.05, 0.1) is 22.0 Å². The average Bonchev–Trinajstić information content (AvgIpc) is 2.21. The van der Waals surface area contributed by atoms with E-state index in [4.69, 9.17) is 16.7 Å². The van der Waals surface area contributed by atoms with Crippen molar-refractivity contribution in [1.82, 2.24) is 0 Å². The van der Waals surface area contributed by atoms with Crippen LogP contribution >= 0.6 is 23.4 Å². The number of benzene rings is 1. The van der Waals surface area contributed by atoms with Gasteiger partial charge in [0.2, 0.25) is 5.91 Å². The van der Waals surface area contributed by atoms with E-state index in [9.17, 15) is 9.59 Å². The molecular formula is C10H10ClNO3S. The zero-order valence-corrected chi connectivity index (χ0v) is 10.1. The molecule has 86 valence electrons. The van der Waals surface area contributed by atoms with E-state index in [0.717, 1.165) is 0 Å². The first-order valence-corrected chi connectivity index (χ1v) is 6.14. The van der Waals surface area contributed by atoms with E-state index in [2.05, 4.69) is 5.32 Å². The van der Waals surface area contributed by atoms with Crippen molar-refractivity contribution in [3.8, 4) is 0 Å². The van der Waals surface area contributed by atoms with Crippen LogP contribution in [-0.4, -0.2) is 29.0 Å². The third-order valence-electron chi connectivity index (χ3n) is 1.78. The van der Waals surface area contributed by atoms with Gasteiger partial charge < -0.3 is 10.4 Å². The van der Waals surface area contributed by atoms with E-state index < -0.39 is 5.97 Å². The lowest BCUT2D eigenvalue weighted by molar-refractivity contribution is -0.113. The van der Waals surface area contributed by atoms with E-state index in [1.807, 2.05) is 0 Å². The number of amides is 1. The molecule has 4 nitrogen and oxygen atoms in total. The molecule has 0 aliphatic carbocycles. The Hall–Kier alpha value is -1.20. The second kappa shape index (κ2) is 5.77. The lowest BCUT2D eigenvalue weighted by atomic mass is 10.2. The van der Waals surface area contributed by atoms with Crippen molar-refractivity contribution in [3.05, 3.63) is 28.8 Å². The Kier molecular flexibility index (Phi) is 4.64. The van der Waals surface area contributed by atoms with Gasteiger partial charge in [0, 0.05) is 0 Å². The van der Waals surface area contributed by atoms with Crippen LogP contribution in [0.4, 0.5) is 5.69 Å². The summed E-state index contributed by atoms with van der Waals surface area (Å²) in [5.41, 5.74) is 0.137. The maximum absolute atomic E-state index is 11.4. The number of para-hydroxylation sites is 1. The molecule has 0 aromatic heterocycles. The predicted molar refractivity (Wildman–Crippen MR) is 65.4 cm³/mol. The van der Waals surface area contributed by atoms with Crippen LogP contribution in [-0.2, 0) is 4.79 Å². The largest absolute Gasteiger partial charge is 0.478 e. The molecule has 1 amide bonds. The Morgan fingerprint density at radius 2 is 2.19 bits per heavy atom. The molecule has 0 bridgehead atoms. The molecule has 2 N–H and O–H groups in total. The average molecular weight is 260 g/mol. The number of anilines is 1. The van der Waals surface area contributed by atoms with Crippen LogP contribution in [0.3, 0.4) is 0 Å². The molecule has 0 saturated carbocycles. The number of carboxylic acid groups (broad SMARTS) is 1. The number of nitrogens with one attached hydrogen (secondary N) is 1. The Bertz CT molecular complexity index is 423. The number of halogens is 1. The van der Waals surface area contributed by atoms with Gasteiger partial charge in [0.15, 0.2) is 0 Å². The first-order chi connectivity index (χ1) is 7.56. The van der Waals surface area contributed by atoms with Crippen LogP contribution in [0.25, 0.3) is 0 Å². The highest BCUT2D eigenvalue weighted by Gasteiger charge is 2.14. The topological polar surface area (TPSA) is 66.4 Å². The van der Waals surface area contributed by atoms with Gasteiger partial charge in [-0.25, -0.2) is 4.79 Å². The fraction of sp³-hybridized carbons (Fsp3) is 0.200. The van der Waals surface area contributed by atoms with Crippen molar-refractivity contribution in [2.24, 2.45) is 0 Å². The molecule has 0 fully saturated rings. The first-order valence-electron chi connectivity index (χ1n) is 4.37. The normalized spacial score (nSPS) is 9.88. The summed E-state index contributed by atoms with van der Waals surface area (Å²) in [7, 11) is 0. The lowest BCUT2D eigenvalue weighted by Gasteiger charge is -2.09. The number of carbonyl (C=O) groups excluding carboxylic acids is 1. The summed E-state index contributed by atoms with van der Waals surface area (Å²) in [5.74, 6) is -1.14. The fourth-order valence-electron chi connectivity index (χ4n) is 1.14. The number of carbonyl (C=O) groups is 2. The molecular weight excluding hydrogens is 250 g/mol. The zero-order valence-electron chi connectivity index (χ0n) is 8.49. The van der Waals surface area contributed by atoms with Crippen molar-refractivity contribution >= 4 is 40.9 Å². The minimum Gasteiger partial charge on any atom is -0.478 e. The SMILES string of the molecule is CSCC(=O)Nc1c(Cl)cccc1C(=O)O. The molecule has 0 aliphatic rings. The second-order valence-electron chi connectivity index (χ2n) is 2.95. The minimum absolute atomic E-state index is 0.0121. The molecule has 0 heterocycles. The number of rotatable bonds is 4. The molecule has 0 saturated heterocycles. The third kappa shape index (κ3) is 3.15. The van der Waals surface area contributed by atoms with Gasteiger partial charge in [-0.3, -0.25) is 4.79 Å². The number of thioether (sulfide) groups is 1. The maximum Gasteiger partial charge on any atom is 0.337 e. The summed E-state index contributed by atoms with van der Waals surface area (Å²) in [5, 5.41) is 11.6. The molecule has 1 aromatic rings. The van der Waals surface area contributed by atoms with Crippen LogP contribution in [0, 0.1) is 0 Å². The van der Waals surface area contributed by atoms with Crippen molar-refractivity contribution in [2.75, 3.05) is 17.3 Å². The maximum atomic E-state index is 11.4. The van der Waals surface area contributed by atoms with E-state index in [1.54, 1.807) is 6.26 Å². The highest BCUT2D eigenvalue weighted by atomic mass is 35.5. The molecule has 0 radical (unpaired) electrons. The molecule has 0 atom stereocenters. The van der Waals surface area contributed by atoms with Gasteiger partial charge in [-0.1, -0.05) is 17.7 Å². The van der Waals surface area contributed by atoms with E-state index >= 15 is 0 Å². The molecule has 0 unspecified atom stereocenters. The van der Waals surface area contributed by atoms with Crippen LogP contribution in [0.2, 0.25) is 5.02 Å². The molecule has 6 heteroatoms. The second-order valence-corrected chi connectivity index (χ2v) is 4.22. The lowest BCUT2D eigenvalue weighted by Crippen LogP contribution is -2.16. The van der Waals surface area contributed by atoms with Crippen molar-refractivity contribution in [3.63, 3.8) is 0 Å². The summed E-state index contributed by atoms with van der Waals surface area (Å²) in [6.45, 7) is 0. The monoisotopic (exact) mass is 259 g/mol. The van der Waals surface area contributed by atoms with Crippen LogP contribution in [0.1, 0.15) is 10.4 Å². The quantitative estimate of drug-likeness (QED) is 0.871. The molecule has 0 aliphatic heterocycles. The van der Waals surface area contributed by atoms with Crippen LogP contribution < -0.4 is 5.32 Å². The number of aromatic carboxylic acids is 1. The molecule has 0 spiro atoms. The van der Waals surface area contributed by atoms with E-state index in [0.29, 0.717) is 0 Å². The Morgan fingerprint density at radius 3 is 2.75 bits per heavy atom. The van der Waals surface area contributed by atoms with Gasteiger partial charge in [-0.2, -0.15) is 11.8 Å². The van der Waals surface area contributed by atoms with Gasteiger partial charge in [-0.05, 0) is 18.4 Å². The summed E-state index contributed by atoms with van der Waals surface area (Å²) in [4.78, 5) is 22.3. The van der Waals surface area contributed by atoms with Gasteiger partial charge in [0.25, 0.3) is 0 Å². The van der Waals surface area contributed by atoms with Crippen LogP contribution in [0.5, 0.6) is 0 Å². The van der Waals surface area contributed by atoms with Gasteiger partial charge in [0.1, 0.15) is 0 Å². The van der Waals surface area contributed by atoms with E-state index in [1.165, 1.54) is 30.0 Å². The minimum atomic E-state index is -1.12. The zero-order chi connectivity index (χ0) is 12.1. The smallest absolute Gasteiger partial charge is 0.337 e. The number of carboxylic acids is 1. The fourth-order valence-corrected chi connectivity index (χ4v) is 1.69. The third-order valence-corrected chi connectivity index (χ3v) is 2.65. The Balaban J connectivity index is 3.01. The van der Waals surface area contributed by atoms with Gasteiger partial charge in [-0.15, -0.1) is 0 Å².